The number of rotatable bonds is 5. The molecule has 3 rings (SSSR count). The highest BCUT2D eigenvalue weighted by atomic mass is 35.5. The van der Waals surface area contributed by atoms with Crippen LogP contribution in [0, 0.1) is 0 Å². The van der Waals surface area contributed by atoms with Crippen LogP contribution in [0.3, 0.4) is 0 Å². The number of halogens is 1. The van der Waals surface area contributed by atoms with Gasteiger partial charge in [-0.05, 0) is 12.5 Å². The molecule has 0 fully saturated rings. The fourth-order valence-electron chi connectivity index (χ4n) is 2.44. The van der Waals surface area contributed by atoms with Gasteiger partial charge >= 0.3 is 0 Å². The lowest BCUT2D eigenvalue weighted by Gasteiger charge is -2.08. The third-order valence-electron chi connectivity index (χ3n) is 3.45. The van der Waals surface area contributed by atoms with E-state index in [1.54, 1.807) is 10.8 Å². The van der Waals surface area contributed by atoms with E-state index in [2.05, 4.69) is 27.1 Å². The summed E-state index contributed by atoms with van der Waals surface area (Å²) >= 11 is 6.30. The van der Waals surface area contributed by atoms with E-state index in [0.29, 0.717) is 22.9 Å². The predicted molar refractivity (Wildman–Crippen MR) is 81.3 cm³/mol. The molecule has 0 radical (unpaired) electrons. The number of fused-ring (bicyclic) bond motifs is 1. The van der Waals surface area contributed by atoms with Crippen LogP contribution in [0.1, 0.15) is 26.2 Å². The molecule has 21 heavy (non-hydrogen) atoms. The Balaban J connectivity index is 2.18. The van der Waals surface area contributed by atoms with E-state index in [1.165, 1.54) is 6.20 Å². The largest absolute Gasteiger partial charge is 0.480 e. The number of unbranched alkanes of at least 4 members (excludes halogenated alkanes) is 2. The van der Waals surface area contributed by atoms with Crippen LogP contribution in [0.5, 0.6) is 6.01 Å². The molecule has 0 aliphatic rings. The number of aromatic nitrogens is 5. The first-order chi connectivity index (χ1) is 10.2. The van der Waals surface area contributed by atoms with Crippen molar-refractivity contribution < 1.29 is 5.11 Å². The Labute approximate surface area is 126 Å². The van der Waals surface area contributed by atoms with Crippen LogP contribution in [0.15, 0.2) is 18.5 Å². The molecule has 110 valence electrons. The summed E-state index contributed by atoms with van der Waals surface area (Å²) < 4.78 is 1.76. The van der Waals surface area contributed by atoms with Crippen molar-refractivity contribution in [1.82, 2.24) is 24.7 Å². The molecule has 0 saturated carbocycles. The van der Waals surface area contributed by atoms with Gasteiger partial charge in [-0.2, -0.15) is 10.1 Å². The van der Waals surface area contributed by atoms with E-state index < -0.39 is 0 Å². The summed E-state index contributed by atoms with van der Waals surface area (Å²) in [6.07, 6.45) is 6.43. The molecule has 7 heteroatoms. The third-order valence-corrected chi connectivity index (χ3v) is 3.73. The van der Waals surface area contributed by atoms with Crippen LogP contribution in [0.2, 0.25) is 5.02 Å². The van der Waals surface area contributed by atoms with Crippen molar-refractivity contribution in [1.29, 1.82) is 0 Å². The second-order valence-corrected chi connectivity index (χ2v) is 5.29. The van der Waals surface area contributed by atoms with E-state index in [9.17, 15) is 5.11 Å². The van der Waals surface area contributed by atoms with Gasteiger partial charge in [0.25, 0.3) is 6.01 Å². The number of nitrogens with zero attached hydrogens (tertiary/aromatic N) is 4. The van der Waals surface area contributed by atoms with Crippen molar-refractivity contribution in [2.45, 2.75) is 32.7 Å². The molecule has 3 aromatic heterocycles. The summed E-state index contributed by atoms with van der Waals surface area (Å²) in [6.45, 7) is 2.81. The van der Waals surface area contributed by atoms with Gasteiger partial charge in [0.05, 0.1) is 10.7 Å². The third kappa shape index (κ3) is 2.47. The summed E-state index contributed by atoms with van der Waals surface area (Å²) in [5.74, 6) is 0. The van der Waals surface area contributed by atoms with E-state index in [-0.39, 0.29) is 6.01 Å². The minimum atomic E-state index is -0.0346. The molecule has 0 atom stereocenters. The summed E-state index contributed by atoms with van der Waals surface area (Å²) in [6, 6.07) is 1.80. The van der Waals surface area contributed by atoms with E-state index in [1.807, 2.05) is 6.07 Å². The molecule has 0 aromatic carbocycles. The Morgan fingerprint density at radius 2 is 2.24 bits per heavy atom. The molecule has 0 amide bonds. The standard InChI is InChI=1S/C14H16ClN5O/c1-2-3-4-7-20-12-11(10-5-6-17-19-10)9(15)8-16-13(12)18-14(20)21/h5-6,8H,2-4,7H2,1H3,(H,17,19)(H,16,18,21). The molecule has 2 N–H and O–H groups in total. The van der Waals surface area contributed by atoms with Crippen molar-refractivity contribution in [3.63, 3.8) is 0 Å². The van der Waals surface area contributed by atoms with Gasteiger partial charge in [-0.1, -0.05) is 31.4 Å². The second-order valence-electron chi connectivity index (χ2n) is 4.88. The highest BCUT2D eigenvalue weighted by molar-refractivity contribution is 6.34. The lowest BCUT2D eigenvalue weighted by molar-refractivity contribution is 0.397. The molecule has 6 nitrogen and oxygen atoms in total. The molecule has 0 saturated heterocycles. The zero-order valence-electron chi connectivity index (χ0n) is 11.7. The Morgan fingerprint density at radius 3 is 2.95 bits per heavy atom. The minimum Gasteiger partial charge on any atom is -0.480 e. The molecule has 0 bridgehead atoms. The van der Waals surface area contributed by atoms with Crippen LogP contribution in [0.25, 0.3) is 22.4 Å². The number of hydrogen-bond donors (Lipinski definition) is 2. The van der Waals surface area contributed by atoms with Crippen molar-refractivity contribution in [2.75, 3.05) is 0 Å². The Morgan fingerprint density at radius 1 is 1.38 bits per heavy atom. The number of nitrogens with one attached hydrogen (secondary N) is 1. The summed E-state index contributed by atoms with van der Waals surface area (Å²) in [5.41, 5.74) is 2.66. The van der Waals surface area contributed by atoms with Crippen molar-refractivity contribution in [3.8, 4) is 17.3 Å². The first-order valence-electron chi connectivity index (χ1n) is 6.96. The molecule has 0 aliphatic heterocycles. The molecule has 3 heterocycles. The van der Waals surface area contributed by atoms with Crippen molar-refractivity contribution in [2.24, 2.45) is 0 Å². The zero-order valence-corrected chi connectivity index (χ0v) is 12.4. The van der Waals surface area contributed by atoms with Gasteiger partial charge in [0, 0.05) is 24.5 Å². The van der Waals surface area contributed by atoms with Crippen LogP contribution >= 0.6 is 11.6 Å². The van der Waals surface area contributed by atoms with Crippen LogP contribution in [-0.2, 0) is 6.54 Å². The smallest absolute Gasteiger partial charge is 0.296 e. The predicted octanol–water partition coefficient (Wildman–Crippen LogP) is 3.37. The zero-order chi connectivity index (χ0) is 14.8. The maximum absolute atomic E-state index is 10.1. The first-order valence-corrected chi connectivity index (χ1v) is 7.34. The van der Waals surface area contributed by atoms with Gasteiger partial charge < -0.3 is 5.11 Å². The lowest BCUT2D eigenvalue weighted by Crippen LogP contribution is -1.99. The van der Waals surface area contributed by atoms with E-state index >= 15 is 0 Å². The first kappa shape index (κ1) is 13.9. The quantitative estimate of drug-likeness (QED) is 0.708. The molecule has 0 aliphatic carbocycles. The molecular weight excluding hydrogens is 290 g/mol. The van der Waals surface area contributed by atoms with E-state index in [4.69, 9.17) is 11.6 Å². The number of pyridine rings is 1. The highest BCUT2D eigenvalue weighted by Crippen LogP contribution is 2.34. The monoisotopic (exact) mass is 305 g/mol. The minimum absolute atomic E-state index is 0.0346. The number of aryl methyl sites for hydroxylation is 1. The Kier molecular flexibility index (Phi) is 3.79. The van der Waals surface area contributed by atoms with E-state index in [0.717, 1.165) is 30.3 Å². The molecule has 3 aromatic rings. The number of H-pyrrole nitrogens is 1. The number of imidazole rings is 1. The average molecular weight is 306 g/mol. The molecule has 0 unspecified atom stereocenters. The van der Waals surface area contributed by atoms with Crippen LogP contribution < -0.4 is 0 Å². The summed E-state index contributed by atoms with van der Waals surface area (Å²) in [7, 11) is 0. The van der Waals surface area contributed by atoms with Crippen LogP contribution in [0.4, 0.5) is 0 Å². The maximum atomic E-state index is 10.1. The van der Waals surface area contributed by atoms with Gasteiger partial charge in [0.15, 0.2) is 5.65 Å². The maximum Gasteiger partial charge on any atom is 0.296 e. The highest BCUT2D eigenvalue weighted by Gasteiger charge is 2.19. The molecule has 0 spiro atoms. The normalized spacial score (nSPS) is 11.3. The Hall–Kier alpha value is -2.08. The van der Waals surface area contributed by atoms with Gasteiger partial charge in [-0.15, -0.1) is 0 Å². The Bertz CT molecular complexity index is 750. The lowest BCUT2D eigenvalue weighted by atomic mass is 10.1. The van der Waals surface area contributed by atoms with Crippen molar-refractivity contribution >= 4 is 22.8 Å². The molecular formula is C14H16ClN5O. The fraction of sp³-hybridized carbons (Fsp3) is 0.357. The van der Waals surface area contributed by atoms with Gasteiger partial charge in [0.2, 0.25) is 0 Å². The second kappa shape index (κ2) is 5.73. The van der Waals surface area contributed by atoms with Crippen LogP contribution in [-0.4, -0.2) is 29.8 Å². The summed E-state index contributed by atoms with van der Waals surface area (Å²) in [5, 5.41) is 17.5. The number of aromatic amines is 1. The SMILES string of the molecule is CCCCCn1c(O)nc2ncc(Cl)c(-c3cc[nH]n3)c21. The topological polar surface area (TPSA) is 79.6 Å². The van der Waals surface area contributed by atoms with Gasteiger partial charge in [0.1, 0.15) is 5.52 Å². The van der Waals surface area contributed by atoms with Gasteiger partial charge in [-0.3, -0.25) is 9.67 Å². The number of hydrogen-bond acceptors (Lipinski definition) is 4. The van der Waals surface area contributed by atoms with Crippen molar-refractivity contribution in [3.05, 3.63) is 23.5 Å². The summed E-state index contributed by atoms with van der Waals surface area (Å²) in [4.78, 5) is 8.31. The fourth-order valence-corrected chi connectivity index (χ4v) is 2.67. The average Bonchev–Trinajstić information content (AvgIpc) is 3.08. The number of aromatic hydroxyl groups is 1. The van der Waals surface area contributed by atoms with Gasteiger partial charge in [-0.25, -0.2) is 4.98 Å².